The van der Waals surface area contributed by atoms with E-state index in [0.717, 1.165) is 17.0 Å². The lowest BCUT2D eigenvalue weighted by Crippen LogP contribution is -1.93. The summed E-state index contributed by atoms with van der Waals surface area (Å²) in [6.45, 7) is 3.98. The van der Waals surface area contributed by atoms with Crippen molar-refractivity contribution < 1.29 is 0 Å². The number of aryl methyl sites for hydroxylation is 3. The van der Waals surface area contributed by atoms with Gasteiger partial charge in [-0.1, -0.05) is 0 Å². The minimum Gasteiger partial charge on any atom is -0.320 e. The van der Waals surface area contributed by atoms with E-state index in [-0.39, 0.29) is 0 Å². The predicted octanol–water partition coefficient (Wildman–Crippen LogP) is 1.82. The second-order valence-electron chi connectivity index (χ2n) is 4.37. The number of nitrogens with one attached hydrogen (secondary N) is 1. The third kappa shape index (κ3) is 1.81. The first-order valence-electron chi connectivity index (χ1n) is 5.72. The zero-order valence-corrected chi connectivity index (χ0v) is 10.5. The Morgan fingerprint density at radius 3 is 2.78 bits per heavy atom. The third-order valence-corrected chi connectivity index (χ3v) is 2.75. The molecular formula is C12H14N6. The highest BCUT2D eigenvalue weighted by atomic mass is 15.4. The van der Waals surface area contributed by atoms with E-state index < -0.39 is 0 Å². The van der Waals surface area contributed by atoms with Crippen molar-refractivity contribution in [3.05, 3.63) is 35.8 Å². The summed E-state index contributed by atoms with van der Waals surface area (Å²) >= 11 is 0. The molecule has 0 amide bonds. The van der Waals surface area contributed by atoms with E-state index in [1.165, 1.54) is 5.56 Å². The minimum atomic E-state index is 0.580. The maximum atomic E-state index is 4.42. The van der Waals surface area contributed by atoms with Crippen LogP contribution in [0.1, 0.15) is 11.3 Å². The summed E-state index contributed by atoms with van der Waals surface area (Å²) in [5.74, 6) is 0.580. The van der Waals surface area contributed by atoms with Crippen molar-refractivity contribution in [3.63, 3.8) is 0 Å². The Balaban J connectivity index is 1.97. The highest BCUT2D eigenvalue weighted by Gasteiger charge is 2.07. The maximum absolute atomic E-state index is 4.42. The van der Waals surface area contributed by atoms with Crippen LogP contribution in [0.25, 0.3) is 5.65 Å². The average molecular weight is 242 g/mol. The molecule has 6 heteroatoms. The Labute approximate surface area is 104 Å². The lowest BCUT2D eigenvalue weighted by atomic mass is 10.3. The van der Waals surface area contributed by atoms with E-state index in [4.69, 9.17) is 0 Å². The van der Waals surface area contributed by atoms with Gasteiger partial charge < -0.3 is 5.32 Å². The number of hydrogen-bond acceptors (Lipinski definition) is 4. The van der Waals surface area contributed by atoms with Crippen LogP contribution in [-0.4, -0.2) is 24.4 Å². The molecule has 0 aliphatic rings. The van der Waals surface area contributed by atoms with E-state index in [0.29, 0.717) is 5.95 Å². The van der Waals surface area contributed by atoms with Crippen molar-refractivity contribution in [2.24, 2.45) is 7.05 Å². The number of rotatable bonds is 2. The predicted molar refractivity (Wildman–Crippen MR) is 69.0 cm³/mol. The molecule has 0 aliphatic carbocycles. The van der Waals surface area contributed by atoms with Gasteiger partial charge >= 0.3 is 0 Å². The molecular weight excluding hydrogens is 228 g/mol. The van der Waals surface area contributed by atoms with Crippen LogP contribution in [0.4, 0.5) is 11.6 Å². The number of fused-ring (bicyclic) bond motifs is 1. The highest BCUT2D eigenvalue weighted by molar-refractivity contribution is 5.57. The molecule has 0 spiro atoms. The van der Waals surface area contributed by atoms with Crippen LogP contribution < -0.4 is 5.32 Å². The van der Waals surface area contributed by atoms with Gasteiger partial charge in [0.15, 0.2) is 5.65 Å². The Bertz CT molecular complexity index is 709. The number of aromatic nitrogens is 5. The monoisotopic (exact) mass is 242 g/mol. The number of nitrogens with zero attached hydrogens (tertiary/aromatic N) is 5. The summed E-state index contributed by atoms with van der Waals surface area (Å²) in [5.41, 5.74) is 3.84. The number of pyridine rings is 1. The highest BCUT2D eigenvalue weighted by Crippen LogP contribution is 2.17. The van der Waals surface area contributed by atoms with Gasteiger partial charge in [0, 0.05) is 19.4 Å². The van der Waals surface area contributed by atoms with Gasteiger partial charge in [0.25, 0.3) is 0 Å². The van der Waals surface area contributed by atoms with Crippen molar-refractivity contribution in [1.29, 1.82) is 0 Å². The van der Waals surface area contributed by atoms with E-state index >= 15 is 0 Å². The lowest BCUT2D eigenvalue weighted by molar-refractivity contribution is 0.756. The topological polar surface area (TPSA) is 60.0 Å². The molecule has 3 aromatic heterocycles. The van der Waals surface area contributed by atoms with E-state index in [2.05, 4.69) is 20.5 Å². The van der Waals surface area contributed by atoms with Gasteiger partial charge in [-0.25, -0.2) is 4.52 Å². The molecule has 0 aromatic carbocycles. The lowest BCUT2D eigenvalue weighted by Gasteiger charge is -1.96. The van der Waals surface area contributed by atoms with Crippen LogP contribution in [0, 0.1) is 13.8 Å². The van der Waals surface area contributed by atoms with Gasteiger partial charge in [0.05, 0.1) is 11.4 Å². The summed E-state index contributed by atoms with van der Waals surface area (Å²) in [4.78, 5) is 4.42. The van der Waals surface area contributed by atoms with Gasteiger partial charge in [0.2, 0.25) is 5.95 Å². The standard InChI is InChI=1S/C12H14N6/c1-8-4-5-18-11(6-8)14-12(16-18)13-10-7-17(3)15-9(10)2/h4-7H,1-3H3,(H,13,16). The van der Waals surface area contributed by atoms with Crippen molar-refractivity contribution >= 4 is 17.3 Å². The minimum absolute atomic E-state index is 0.580. The first kappa shape index (κ1) is 10.8. The Morgan fingerprint density at radius 1 is 1.22 bits per heavy atom. The molecule has 0 radical (unpaired) electrons. The fraction of sp³-hybridized carbons (Fsp3) is 0.250. The fourth-order valence-corrected chi connectivity index (χ4v) is 1.88. The molecule has 0 atom stereocenters. The molecule has 3 rings (SSSR count). The number of hydrogen-bond donors (Lipinski definition) is 1. The van der Waals surface area contributed by atoms with Gasteiger partial charge in [-0.05, 0) is 31.5 Å². The molecule has 92 valence electrons. The summed E-state index contributed by atoms with van der Waals surface area (Å²) in [6.07, 6.45) is 3.81. The Morgan fingerprint density at radius 2 is 2.06 bits per heavy atom. The third-order valence-electron chi connectivity index (χ3n) is 2.75. The maximum Gasteiger partial charge on any atom is 0.247 e. The summed E-state index contributed by atoms with van der Waals surface area (Å²) in [7, 11) is 1.89. The number of anilines is 2. The molecule has 18 heavy (non-hydrogen) atoms. The van der Waals surface area contributed by atoms with Crippen LogP contribution in [0.15, 0.2) is 24.5 Å². The molecule has 0 bridgehead atoms. The SMILES string of the molecule is Cc1ccn2nc(Nc3cn(C)nc3C)nc2c1. The molecule has 0 unspecified atom stereocenters. The van der Waals surface area contributed by atoms with Crippen LogP contribution in [-0.2, 0) is 7.05 Å². The zero-order valence-electron chi connectivity index (χ0n) is 10.5. The van der Waals surface area contributed by atoms with Crippen LogP contribution in [0.2, 0.25) is 0 Å². The van der Waals surface area contributed by atoms with Crippen LogP contribution >= 0.6 is 0 Å². The van der Waals surface area contributed by atoms with Crippen molar-refractivity contribution in [1.82, 2.24) is 24.4 Å². The van der Waals surface area contributed by atoms with Gasteiger partial charge in [-0.2, -0.15) is 10.1 Å². The first-order chi connectivity index (χ1) is 8.61. The molecule has 0 fully saturated rings. The van der Waals surface area contributed by atoms with Gasteiger partial charge in [-0.15, -0.1) is 5.10 Å². The van der Waals surface area contributed by atoms with E-state index in [1.54, 1.807) is 9.20 Å². The smallest absolute Gasteiger partial charge is 0.247 e. The second kappa shape index (κ2) is 3.83. The van der Waals surface area contributed by atoms with Crippen molar-refractivity contribution in [2.45, 2.75) is 13.8 Å². The van der Waals surface area contributed by atoms with E-state index in [9.17, 15) is 0 Å². The summed E-state index contributed by atoms with van der Waals surface area (Å²) in [5, 5.41) is 11.8. The largest absolute Gasteiger partial charge is 0.320 e. The van der Waals surface area contributed by atoms with Gasteiger partial charge in [-0.3, -0.25) is 4.68 Å². The zero-order chi connectivity index (χ0) is 12.7. The quantitative estimate of drug-likeness (QED) is 0.744. The Kier molecular flexibility index (Phi) is 2.29. The van der Waals surface area contributed by atoms with Gasteiger partial charge in [0.1, 0.15) is 0 Å². The molecule has 3 aromatic rings. The van der Waals surface area contributed by atoms with Crippen LogP contribution in [0.5, 0.6) is 0 Å². The Hall–Kier alpha value is -2.37. The summed E-state index contributed by atoms with van der Waals surface area (Å²) in [6, 6.07) is 4.00. The van der Waals surface area contributed by atoms with Crippen LogP contribution in [0.3, 0.4) is 0 Å². The normalized spacial score (nSPS) is 11.1. The molecule has 0 saturated heterocycles. The molecule has 1 N–H and O–H groups in total. The summed E-state index contributed by atoms with van der Waals surface area (Å²) < 4.78 is 3.51. The molecule has 6 nitrogen and oxygen atoms in total. The van der Waals surface area contributed by atoms with Crippen molar-refractivity contribution in [3.8, 4) is 0 Å². The molecule has 0 saturated carbocycles. The first-order valence-corrected chi connectivity index (χ1v) is 5.72. The molecule has 3 heterocycles. The fourth-order valence-electron chi connectivity index (χ4n) is 1.88. The molecule has 0 aliphatic heterocycles. The second-order valence-corrected chi connectivity index (χ2v) is 4.37. The average Bonchev–Trinajstić information content (AvgIpc) is 2.82. The van der Waals surface area contributed by atoms with E-state index in [1.807, 2.05) is 45.4 Å². The van der Waals surface area contributed by atoms with Crippen molar-refractivity contribution in [2.75, 3.05) is 5.32 Å².